The lowest BCUT2D eigenvalue weighted by Gasteiger charge is -2.10. The smallest absolute Gasteiger partial charge is 0.143 e. The summed E-state index contributed by atoms with van der Waals surface area (Å²) in [6.07, 6.45) is 0. The molecule has 0 spiro atoms. The quantitative estimate of drug-likeness (QED) is 0.183. The first kappa shape index (κ1) is 28.4. The number of rotatable bonds is 4. The van der Waals surface area contributed by atoms with Gasteiger partial charge in [0.05, 0.1) is 11.0 Å². The van der Waals surface area contributed by atoms with Crippen molar-refractivity contribution in [3.63, 3.8) is 0 Å². The van der Waals surface area contributed by atoms with E-state index in [1.165, 1.54) is 64.2 Å². The number of fused-ring (bicyclic) bond motifs is 9. The maximum absolute atomic E-state index is 6.36. The summed E-state index contributed by atoms with van der Waals surface area (Å²) < 4.78 is 11.4. The zero-order valence-electron chi connectivity index (χ0n) is 27.5. The van der Waals surface area contributed by atoms with Crippen molar-refractivity contribution in [1.82, 2.24) is 4.57 Å². The van der Waals surface area contributed by atoms with Crippen LogP contribution in [0.25, 0.3) is 103 Å². The average Bonchev–Trinajstić information content (AvgIpc) is 3.87. The minimum absolute atomic E-state index is 0.918. The van der Waals surface area contributed by atoms with Crippen LogP contribution >= 0.6 is 11.3 Å². The van der Waals surface area contributed by atoms with Gasteiger partial charge in [-0.25, -0.2) is 0 Å². The Labute approximate surface area is 298 Å². The third kappa shape index (κ3) is 4.42. The number of hydrogen-bond acceptors (Lipinski definition) is 2. The lowest BCUT2D eigenvalue weighted by Crippen LogP contribution is -1.93. The van der Waals surface area contributed by atoms with Crippen LogP contribution in [0.4, 0.5) is 0 Å². The molecule has 0 amide bonds. The molecule has 238 valence electrons. The molecule has 0 aliphatic carbocycles. The van der Waals surface area contributed by atoms with Crippen LogP contribution < -0.4 is 0 Å². The fraction of sp³-hybridized carbons (Fsp3) is 0. The van der Waals surface area contributed by atoms with Crippen LogP contribution in [0, 0.1) is 0 Å². The minimum Gasteiger partial charge on any atom is -0.455 e. The molecule has 0 bridgehead atoms. The summed E-state index contributed by atoms with van der Waals surface area (Å²) in [5, 5.41) is 7.44. The van der Waals surface area contributed by atoms with Crippen LogP contribution in [0.5, 0.6) is 0 Å². The summed E-state index contributed by atoms with van der Waals surface area (Å²) >= 11 is 1.86. The molecule has 3 aromatic heterocycles. The summed E-state index contributed by atoms with van der Waals surface area (Å²) in [5.41, 5.74) is 12.5. The van der Waals surface area contributed by atoms with E-state index in [1.54, 1.807) is 0 Å². The molecule has 3 heterocycles. The Morgan fingerprint density at radius 1 is 0.373 bits per heavy atom. The zero-order valence-corrected chi connectivity index (χ0v) is 28.3. The van der Waals surface area contributed by atoms with E-state index >= 15 is 0 Å². The Morgan fingerprint density at radius 2 is 0.980 bits per heavy atom. The predicted octanol–water partition coefficient (Wildman–Crippen LogP) is 14.1. The fourth-order valence-electron chi connectivity index (χ4n) is 7.98. The molecule has 0 fully saturated rings. The van der Waals surface area contributed by atoms with E-state index in [-0.39, 0.29) is 0 Å². The van der Waals surface area contributed by atoms with Gasteiger partial charge in [0.15, 0.2) is 0 Å². The van der Waals surface area contributed by atoms with E-state index in [1.807, 2.05) is 23.5 Å². The van der Waals surface area contributed by atoms with Crippen molar-refractivity contribution in [3.8, 4) is 39.1 Å². The maximum Gasteiger partial charge on any atom is 0.143 e. The molecule has 0 unspecified atom stereocenters. The van der Waals surface area contributed by atoms with Gasteiger partial charge in [0.2, 0.25) is 0 Å². The molecule has 0 radical (unpaired) electrons. The maximum atomic E-state index is 6.36. The number of para-hydroxylation sites is 3. The molecular formula is C48H29NOS. The number of aromatic nitrogens is 1. The molecule has 8 aromatic carbocycles. The van der Waals surface area contributed by atoms with Gasteiger partial charge >= 0.3 is 0 Å². The molecule has 11 aromatic rings. The number of furan rings is 1. The highest BCUT2D eigenvalue weighted by Crippen LogP contribution is 2.40. The van der Waals surface area contributed by atoms with Crippen LogP contribution in [0.15, 0.2) is 180 Å². The highest BCUT2D eigenvalue weighted by Gasteiger charge is 2.16. The van der Waals surface area contributed by atoms with Crippen LogP contribution in [0.2, 0.25) is 0 Å². The molecule has 51 heavy (non-hydrogen) atoms. The number of hydrogen-bond donors (Lipinski definition) is 0. The largest absolute Gasteiger partial charge is 0.455 e. The van der Waals surface area contributed by atoms with Crippen molar-refractivity contribution >= 4 is 75.3 Å². The van der Waals surface area contributed by atoms with Crippen LogP contribution in [-0.4, -0.2) is 4.57 Å². The molecule has 0 atom stereocenters. The number of thiophene rings is 1. The first-order chi connectivity index (χ1) is 25.3. The van der Waals surface area contributed by atoms with E-state index in [9.17, 15) is 0 Å². The molecule has 0 aliphatic rings. The normalized spacial score (nSPS) is 11.9. The lowest BCUT2D eigenvalue weighted by molar-refractivity contribution is 0.670. The van der Waals surface area contributed by atoms with Gasteiger partial charge in [0.25, 0.3) is 0 Å². The van der Waals surface area contributed by atoms with Crippen molar-refractivity contribution < 1.29 is 4.42 Å². The topological polar surface area (TPSA) is 18.1 Å². The zero-order chi connectivity index (χ0) is 33.5. The Morgan fingerprint density at radius 3 is 1.84 bits per heavy atom. The summed E-state index contributed by atoms with van der Waals surface area (Å²) in [4.78, 5) is 0. The molecule has 2 nitrogen and oxygen atoms in total. The summed E-state index contributed by atoms with van der Waals surface area (Å²) in [6.45, 7) is 0. The van der Waals surface area contributed by atoms with Crippen LogP contribution in [-0.2, 0) is 0 Å². The van der Waals surface area contributed by atoms with E-state index in [0.29, 0.717) is 0 Å². The third-order valence-corrected chi connectivity index (χ3v) is 11.6. The van der Waals surface area contributed by atoms with Crippen LogP contribution in [0.1, 0.15) is 0 Å². The van der Waals surface area contributed by atoms with E-state index in [4.69, 9.17) is 4.42 Å². The molecule has 0 aliphatic heterocycles. The predicted molar refractivity (Wildman–Crippen MR) is 217 cm³/mol. The third-order valence-electron chi connectivity index (χ3n) is 10.4. The Balaban J connectivity index is 0.995. The Hall–Kier alpha value is -6.42. The second-order valence-corrected chi connectivity index (χ2v) is 14.4. The SMILES string of the molecule is c1cc(-c2ccc3sc4ccccc4c3c2)cc(-c2ccc3c(c2)c2ccccc2n3-c2ccc(-c3cccc4c3oc3ccccc34)cc2)c1. The summed E-state index contributed by atoms with van der Waals surface area (Å²) in [7, 11) is 0. The van der Waals surface area contributed by atoms with Crippen molar-refractivity contribution in [2.75, 3.05) is 0 Å². The molecule has 11 rings (SSSR count). The van der Waals surface area contributed by atoms with Gasteiger partial charge < -0.3 is 8.98 Å². The molecule has 0 saturated heterocycles. The monoisotopic (exact) mass is 667 g/mol. The van der Waals surface area contributed by atoms with Crippen LogP contribution in [0.3, 0.4) is 0 Å². The van der Waals surface area contributed by atoms with Gasteiger partial charge in [-0.2, -0.15) is 0 Å². The van der Waals surface area contributed by atoms with Gasteiger partial charge in [0, 0.05) is 53.0 Å². The molecule has 0 N–H and O–H groups in total. The first-order valence-corrected chi connectivity index (χ1v) is 18.1. The van der Waals surface area contributed by atoms with Crippen molar-refractivity contribution in [1.29, 1.82) is 0 Å². The second kappa shape index (κ2) is 11.0. The molecule has 0 saturated carbocycles. The minimum atomic E-state index is 0.918. The highest BCUT2D eigenvalue weighted by atomic mass is 32.1. The first-order valence-electron chi connectivity index (χ1n) is 17.3. The standard InChI is InChI=1S/C48H29NOS/c1-4-16-43-37(11-1)41-28-33(31-9-7-10-32(27-31)34-22-26-47-42(29-34)39-13-3-6-18-46(39)51-47)21-25-44(41)49(43)35-23-19-30(20-24-35)36-14-8-15-40-38-12-2-5-17-45(38)50-48(36)40/h1-29H. The molecule has 3 heteroatoms. The van der Waals surface area contributed by atoms with Crippen molar-refractivity contribution in [3.05, 3.63) is 176 Å². The number of benzene rings is 8. The van der Waals surface area contributed by atoms with Gasteiger partial charge in [-0.15, -0.1) is 11.3 Å². The van der Waals surface area contributed by atoms with Gasteiger partial charge in [0.1, 0.15) is 11.2 Å². The van der Waals surface area contributed by atoms with Gasteiger partial charge in [-0.1, -0.05) is 115 Å². The van der Waals surface area contributed by atoms with E-state index in [2.05, 4.69) is 168 Å². The van der Waals surface area contributed by atoms with Crippen molar-refractivity contribution in [2.45, 2.75) is 0 Å². The van der Waals surface area contributed by atoms with Gasteiger partial charge in [-0.05, 0) is 88.5 Å². The summed E-state index contributed by atoms with van der Waals surface area (Å²) in [6, 6.07) is 63.8. The highest BCUT2D eigenvalue weighted by molar-refractivity contribution is 7.25. The number of nitrogens with zero attached hydrogens (tertiary/aromatic N) is 1. The second-order valence-electron chi connectivity index (χ2n) is 13.3. The van der Waals surface area contributed by atoms with Gasteiger partial charge in [-0.3, -0.25) is 0 Å². The average molecular weight is 668 g/mol. The van der Waals surface area contributed by atoms with E-state index in [0.717, 1.165) is 38.8 Å². The Bertz CT molecular complexity index is 3140. The molecular weight excluding hydrogens is 639 g/mol. The lowest BCUT2D eigenvalue weighted by atomic mass is 9.97. The summed E-state index contributed by atoms with van der Waals surface area (Å²) in [5.74, 6) is 0. The fourth-order valence-corrected chi connectivity index (χ4v) is 9.07. The Kier molecular flexibility index (Phi) is 6.16. The van der Waals surface area contributed by atoms with Crippen molar-refractivity contribution in [2.24, 2.45) is 0 Å². The van der Waals surface area contributed by atoms with E-state index < -0.39 is 0 Å².